The SMILES string of the molecule is C=CCOCCCCC(=O)NC. The van der Waals surface area contributed by atoms with Crippen molar-refractivity contribution in [2.45, 2.75) is 19.3 Å². The van der Waals surface area contributed by atoms with E-state index in [1.807, 2.05) is 0 Å². The number of unbranched alkanes of at least 4 members (excludes halogenated alkanes) is 1. The summed E-state index contributed by atoms with van der Waals surface area (Å²) >= 11 is 0. The van der Waals surface area contributed by atoms with Crippen LogP contribution in [0.4, 0.5) is 0 Å². The first-order valence-corrected chi connectivity index (χ1v) is 4.20. The monoisotopic (exact) mass is 171 g/mol. The Morgan fingerprint density at radius 2 is 2.33 bits per heavy atom. The number of rotatable bonds is 7. The first-order valence-electron chi connectivity index (χ1n) is 4.20. The zero-order valence-electron chi connectivity index (χ0n) is 7.64. The normalized spacial score (nSPS) is 9.42. The first-order chi connectivity index (χ1) is 5.81. The summed E-state index contributed by atoms with van der Waals surface area (Å²) in [6.07, 6.45) is 4.13. The van der Waals surface area contributed by atoms with Gasteiger partial charge in [0.15, 0.2) is 0 Å². The summed E-state index contributed by atoms with van der Waals surface area (Å²) < 4.78 is 5.15. The van der Waals surface area contributed by atoms with Crippen LogP contribution in [0.2, 0.25) is 0 Å². The molecule has 70 valence electrons. The third-order valence-corrected chi connectivity index (χ3v) is 1.46. The van der Waals surface area contributed by atoms with Gasteiger partial charge in [0, 0.05) is 20.1 Å². The van der Waals surface area contributed by atoms with Crippen LogP contribution in [0.25, 0.3) is 0 Å². The second kappa shape index (κ2) is 8.27. The lowest BCUT2D eigenvalue weighted by Crippen LogP contribution is -2.17. The number of hydrogen-bond acceptors (Lipinski definition) is 2. The Balaban J connectivity index is 3.00. The van der Waals surface area contributed by atoms with E-state index < -0.39 is 0 Å². The van der Waals surface area contributed by atoms with E-state index in [0.29, 0.717) is 19.6 Å². The van der Waals surface area contributed by atoms with E-state index in [9.17, 15) is 4.79 Å². The van der Waals surface area contributed by atoms with Gasteiger partial charge in [0.05, 0.1) is 6.61 Å². The maximum absolute atomic E-state index is 10.7. The number of hydrogen-bond donors (Lipinski definition) is 1. The highest BCUT2D eigenvalue weighted by Crippen LogP contribution is 1.95. The summed E-state index contributed by atoms with van der Waals surface area (Å²) in [5, 5.41) is 2.57. The fourth-order valence-electron chi connectivity index (χ4n) is 0.781. The molecule has 0 unspecified atom stereocenters. The van der Waals surface area contributed by atoms with Gasteiger partial charge in [0.25, 0.3) is 0 Å². The number of carbonyl (C=O) groups excluding carboxylic acids is 1. The van der Waals surface area contributed by atoms with Crippen molar-refractivity contribution in [2.75, 3.05) is 20.3 Å². The van der Waals surface area contributed by atoms with Crippen LogP contribution in [-0.2, 0) is 9.53 Å². The van der Waals surface area contributed by atoms with E-state index in [1.165, 1.54) is 0 Å². The minimum Gasteiger partial charge on any atom is -0.377 e. The summed E-state index contributed by atoms with van der Waals surface area (Å²) in [7, 11) is 1.65. The Kier molecular flexibility index (Phi) is 7.70. The second-order valence-electron chi connectivity index (χ2n) is 2.49. The molecule has 0 aromatic carbocycles. The Labute approximate surface area is 73.8 Å². The molecule has 0 rings (SSSR count). The zero-order chi connectivity index (χ0) is 9.23. The highest BCUT2D eigenvalue weighted by Gasteiger charge is 1.96. The van der Waals surface area contributed by atoms with Gasteiger partial charge in [-0.15, -0.1) is 6.58 Å². The molecule has 0 radical (unpaired) electrons. The number of nitrogens with one attached hydrogen (secondary N) is 1. The van der Waals surface area contributed by atoms with Crippen LogP contribution in [0, 0.1) is 0 Å². The van der Waals surface area contributed by atoms with Crippen LogP contribution < -0.4 is 5.32 Å². The summed E-state index contributed by atoms with van der Waals surface area (Å²) in [6, 6.07) is 0. The fourth-order valence-corrected chi connectivity index (χ4v) is 0.781. The molecule has 0 saturated carbocycles. The van der Waals surface area contributed by atoms with Gasteiger partial charge in [-0.25, -0.2) is 0 Å². The molecule has 0 aliphatic rings. The quantitative estimate of drug-likeness (QED) is 0.460. The van der Waals surface area contributed by atoms with Gasteiger partial charge in [-0.2, -0.15) is 0 Å². The maximum atomic E-state index is 10.7. The molecule has 0 saturated heterocycles. The number of ether oxygens (including phenoxy) is 1. The van der Waals surface area contributed by atoms with Crippen molar-refractivity contribution in [2.24, 2.45) is 0 Å². The molecule has 0 heterocycles. The van der Waals surface area contributed by atoms with E-state index in [0.717, 1.165) is 12.8 Å². The Bertz CT molecular complexity index is 134. The van der Waals surface area contributed by atoms with Crippen LogP contribution in [0.15, 0.2) is 12.7 Å². The summed E-state index contributed by atoms with van der Waals surface area (Å²) in [4.78, 5) is 10.7. The summed E-state index contributed by atoms with van der Waals surface area (Å²) in [5.41, 5.74) is 0. The average Bonchev–Trinajstić information content (AvgIpc) is 2.10. The van der Waals surface area contributed by atoms with Gasteiger partial charge in [0.1, 0.15) is 0 Å². The molecule has 0 aromatic heterocycles. The minimum absolute atomic E-state index is 0.0960. The maximum Gasteiger partial charge on any atom is 0.219 e. The molecular weight excluding hydrogens is 154 g/mol. The highest BCUT2D eigenvalue weighted by atomic mass is 16.5. The molecule has 1 amide bonds. The van der Waals surface area contributed by atoms with Crippen molar-refractivity contribution in [1.29, 1.82) is 0 Å². The summed E-state index contributed by atoms with van der Waals surface area (Å²) in [5.74, 6) is 0.0960. The Morgan fingerprint density at radius 3 is 2.92 bits per heavy atom. The fraction of sp³-hybridized carbons (Fsp3) is 0.667. The van der Waals surface area contributed by atoms with Gasteiger partial charge in [0.2, 0.25) is 5.91 Å². The predicted molar refractivity (Wildman–Crippen MR) is 48.9 cm³/mol. The van der Waals surface area contributed by atoms with Gasteiger partial charge < -0.3 is 10.1 Å². The van der Waals surface area contributed by atoms with Crippen molar-refractivity contribution in [1.82, 2.24) is 5.32 Å². The molecule has 0 aliphatic carbocycles. The van der Waals surface area contributed by atoms with Gasteiger partial charge >= 0.3 is 0 Å². The lowest BCUT2D eigenvalue weighted by atomic mass is 10.2. The number of amides is 1. The second-order valence-corrected chi connectivity index (χ2v) is 2.49. The first kappa shape index (κ1) is 11.2. The molecule has 1 N–H and O–H groups in total. The molecule has 0 atom stereocenters. The molecule has 3 nitrogen and oxygen atoms in total. The molecule has 3 heteroatoms. The molecule has 0 aliphatic heterocycles. The minimum atomic E-state index is 0.0960. The lowest BCUT2D eigenvalue weighted by Gasteiger charge is -2.00. The lowest BCUT2D eigenvalue weighted by molar-refractivity contribution is -0.120. The van der Waals surface area contributed by atoms with Crippen molar-refractivity contribution < 1.29 is 9.53 Å². The van der Waals surface area contributed by atoms with Crippen LogP contribution in [0.1, 0.15) is 19.3 Å². The third kappa shape index (κ3) is 7.28. The number of carbonyl (C=O) groups is 1. The largest absolute Gasteiger partial charge is 0.377 e. The van der Waals surface area contributed by atoms with Crippen molar-refractivity contribution in [3.05, 3.63) is 12.7 Å². The van der Waals surface area contributed by atoms with E-state index in [-0.39, 0.29) is 5.91 Å². The van der Waals surface area contributed by atoms with E-state index >= 15 is 0 Å². The van der Waals surface area contributed by atoms with Crippen molar-refractivity contribution in [3.8, 4) is 0 Å². The van der Waals surface area contributed by atoms with Crippen molar-refractivity contribution >= 4 is 5.91 Å². The van der Waals surface area contributed by atoms with E-state index in [2.05, 4.69) is 11.9 Å². The highest BCUT2D eigenvalue weighted by molar-refractivity contribution is 5.75. The molecular formula is C9H17NO2. The van der Waals surface area contributed by atoms with Gasteiger partial charge in [-0.05, 0) is 12.8 Å². The molecule has 0 fully saturated rings. The molecule has 12 heavy (non-hydrogen) atoms. The average molecular weight is 171 g/mol. The van der Waals surface area contributed by atoms with Crippen LogP contribution in [0.5, 0.6) is 0 Å². The van der Waals surface area contributed by atoms with Gasteiger partial charge in [-0.3, -0.25) is 4.79 Å². The van der Waals surface area contributed by atoms with Crippen molar-refractivity contribution in [3.63, 3.8) is 0 Å². The van der Waals surface area contributed by atoms with E-state index in [4.69, 9.17) is 4.74 Å². The van der Waals surface area contributed by atoms with E-state index in [1.54, 1.807) is 13.1 Å². The van der Waals surface area contributed by atoms with Crippen LogP contribution in [-0.4, -0.2) is 26.2 Å². The Hall–Kier alpha value is -0.830. The molecule has 0 spiro atoms. The van der Waals surface area contributed by atoms with Crippen LogP contribution in [0.3, 0.4) is 0 Å². The predicted octanol–water partition coefficient (Wildman–Crippen LogP) is 1.11. The topological polar surface area (TPSA) is 38.3 Å². The van der Waals surface area contributed by atoms with Crippen LogP contribution >= 0.6 is 0 Å². The smallest absolute Gasteiger partial charge is 0.219 e. The standard InChI is InChI=1S/C9H17NO2/c1-3-7-12-8-5-4-6-9(11)10-2/h3H,1,4-8H2,2H3,(H,10,11). The Morgan fingerprint density at radius 1 is 1.58 bits per heavy atom. The molecule has 0 bridgehead atoms. The summed E-state index contributed by atoms with van der Waals surface area (Å²) in [6.45, 7) is 4.84. The zero-order valence-corrected chi connectivity index (χ0v) is 7.64. The molecule has 0 aromatic rings. The third-order valence-electron chi connectivity index (χ3n) is 1.46. The van der Waals surface area contributed by atoms with Gasteiger partial charge in [-0.1, -0.05) is 6.08 Å².